The number of hydrogen-bond acceptors (Lipinski definition) is 3. The molecule has 0 aromatic heterocycles. The van der Waals surface area contributed by atoms with E-state index in [0.717, 1.165) is 25.8 Å². The van der Waals surface area contributed by atoms with Gasteiger partial charge in [0.2, 0.25) is 5.91 Å². The van der Waals surface area contributed by atoms with Gasteiger partial charge in [-0.05, 0) is 13.3 Å². The van der Waals surface area contributed by atoms with Crippen LogP contribution in [0.25, 0.3) is 0 Å². The van der Waals surface area contributed by atoms with Gasteiger partial charge in [0, 0.05) is 19.4 Å². The molecular weight excluding hydrogens is 424 g/mol. The van der Waals surface area contributed by atoms with E-state index in [4.69, 9.17) is 4.55 Å². The zero-order chi connectivity index (χ0) is 24.3. The molecule has 0 saturated carbocycles. The molecule has 0 saturated heterocycles. The number of nitrogens with one attached hydrogen (secondary N) is 1. The van der Waals surface area contributed by atoms with Crippen molar-refractivity contribution in [2.45, 2.75) is 123 Å². The van der Waals surface area contributed by atoms with Crippen LogP contribution in [0.2, 0.25) is 0 Å². The van der Waals surface area contributed by atoms with Crippen molar-refractivity contribution in [1.29, 1.82) is 0 Å². The lowest BCUT2D eigenvalue weighted by Gasteiger charge is -2.35. The molecule has 0 aromatic rings. The summed E-state index contributed by atoms with van der Waals surface area (Å²) >= 11 is 0. The van der Waals surface area contributed by atoms with Crippen LogP contribution in [0.3, 0.4) is 0 Å². The third kappa shape index (κ3) is 20.0. The Morgan fingerprint density at radius 3 is 1.69 bits per heavy atom. The van der Waals surface area contributed by atoms with Gasteiger partial charge in [0.1, 0.15) is 11.8 Å². The zero-order valence-electron chi connectivity index (χ0n) is 21.5. The van der Waals surface area contributed by atoms with Crippen molar-refractivity contribution in [2.24, 2.45) is 0 Å². The fraction of sp³-hybridized carbons (Fsp3) is 0.960. The number of amides is 1. The Kier molecular flexibility index (Phi) is 18.3. The number of hydrogen-bond donors (Lipinski definition) is 2. The smallest absolute Gasteiger partial charge is 0.270 e. The maximum Gasteiger partial charge on any atom is 0.270 e. The molecule has 1 atom stereocenters. The summed E-state index contributed by atoms with van der Waals surface area (Å²) in [4.78, 5) is 12.0. The summed E-state index contributed by atoms with van der Waals surface area (Å²) in [6.45, 7) is 5.44. The number of unbranched alkanes of at least 4 members (excludes halogenated alkanes) is 13. The molecule has 32 heavy (non-hydrogen) atoms. The lowest BCUT2D eigenvalue weighted by Crippen LogP contribution is -2.51. The standard InChI is InChI=1S/C25H52N2O4S/c1-5-6-7-8-9-10-11-12-13-14-15-16-17-18-20-25(28)26-21-19-22-27(3,4)24(2)23-32(29,30)31/h24H,5-23H2,1-4H3,(H-,26,28,29,30,31)/p+1. The van der Waals surface area contributed by atoms with E-state index < -0.39 is 10.1 Å². The van der Waals surface area contributed by atoms with E-state index >= 15 is 0 Å². The number of rotatable bonds is 22. The Bertz CT molecular complexity index is 564. The van der Waals surface area contributed by atoms with Crippen molar-refractivity contribution < 1.29 is 22.2 Å². The average molecular weight is 478 g/mol. The van der Waals surface area contributed by atoms with Crippen LogP contribution < -0.4 is 5.32 Å². The third-order valence-corrected chi connectivity index (χ3v) is 7.54. The largest absolute Gasteiger partial charge is 0.356 e. The molecule has 0 spiro atoms. The highest BCUT2D eigenvalue weighted by Crippen LogP contribution is 2.13. The highest BCUT2D eigenvalue weighted by molar-refractivity contribution is 7.85. The number of carbonyl (C=O) groups is 1. The Morgan fingerprint density at radius 2 is 1.25 bits per heavy atom. The minimum absolute atomic E-state index is 0.111. The molecule has 2 N–H and O–H groups in total. The van der Waals surface area contributed by atoms with Gasteiger partial charge in [0.15, 0.2) is 0 Å². The van der Waals surface area contributed by atoms with E-state index in [1.807, 2.05) is 21.0 Å². The van der Waals surface area contributed by atoms with Crippen molar-refractivity contribution in [3.05, 3.63) is 0 Å². The second kappa shape index (κ2) is 18.7. The van der Waals surface area contributed by atoms with E-state index in [9.17, 15) is 13.2 Å². The van der Waals surface area contributed by atoms with Gasteiger partial charge in [-0.15, -0.1) is 0 Å². The third-order valence-electron chi connectivity index (χ3n) is 6.64. The molecular formula is C25H53N2O4S+. The van der Waals surface area contributed by atoms with Gasteiger partial charge in [-0.25, -0.2) is 0 Å². The first-order valence-corrected chi connectivity index (χ1v) is 14.7. The molecule has 192 valence electrons. The SMILES string of the molecule is CCCCCCCCCCCCCCCCC(=O)NCCC[N+](C)(C)C(C)CS(=O)(=O)O. The first kappa shape index (κ1) is 31.3. The topological polar surface area (TPSA) is 83.5 Å². The van der Waals surface area contributed by atoms with Gasteiger partial charge >= 0.3 is 0 Å². The Balaban J connectivity index is 3.52. The van der Waals surface area contributed by atoms with E-state index in [2.05, 4.69) is 12.2 Å². The van der Waals surface area contributed by atoms with Crippen LogP contribution in [0, 0.1) is 0 Å². The molecule has 1 unspecified atom stereocenters. The summed E-state index contributed by atoms with van der Waals surface area (Å²) in [5, 5.41) is 2.97. The monoisotopic (exact) mass is 477 g/mol. The predicted molar refractivity (Wildman–Crippen MR) is 135 cm³/mol. The molecule has 6 nitrogen and oxygen atoms in total. The molecule has 0 heterocycles. The van der Waals surface area contributed by atoms with E-state index in [-0.39, 0.29) is 17.7 Å². The van der Waals surface area contributed by atoms with E-state index in [0.29, 0.717) is 17.4 Å². The van der Waals surface area contributed by atoms with Crippen molar-refractivity contribution in [3.8, 4) is 0 Å². The van der Waals surface area contributed by atoms with Crippen LogP contribution in [0.4, 0.5) is 0 Å². The highest BCUT2D eigenvalue weighted by atomic mass is 32.2. The number of nitrogens with zero attached hydrogens (tertiary/aromatic N) is 1. The predicted octanol–water partition coefficient (Wildman–Crippen LogP) is 5.72. The number of quaternary nitrogens is 1. The Labute approximate surface area is 199 Å². The maximum atomic E-state index is 12.0. The minimum Gasteiger partial charge on any atom is -0.356 e. The minimum atomic E-state index is -3.96. The molecule has 7 heteroatoms. The summed E-state index contributed by atoms with van der Waals surface area (Å²) < 4.78 is 31.7. The second-order valence-corrected chi connectivity index (χ2v) is 11.6. The van der Waals surface area contributed by atoms with Crippen LogP contribution in [-0.4, -0.2) is 62.3 Å². The van der Waals surface area contributed by atoms with Gasteiger partial charge in [-0.3, -0.25) is 9.35 Å². The van der Waals surface area contributed by atoms with Gasteiger partial charge in [-0.1, -0.05) is 90.4 Å². The summed E-state index contributed by atoms with van der Waals surface area (Å²) in [7, 11) is -0.0629. The molecule has 0 rings (SSSR count). The lowest BCUT2D eigenvalue weighted by molar-refractivity contribution is -0.910. The molecule has 0 radical (unpaired) electrons. The molecule has 0 aliphatic heterocycles. The van der Waals surface area contributed by atoms with Crippen LogP contribution in [-0.2, 0) is 14.9 Å². The maximum absolute atomic E-state index is 12.0. The van der Waals surface area contributed by atoms with Crippen LogP contribution in [0.5, 0.6) is 0 Å². The first-order valence-electron chi connectivity index (χ1n) is 13.1. The average Bonchev–Trinajstić information content (AvgIpc) is 2.70. The van der Waals surface area contributed by atoms with Crippen LogP contribution in [0.1, 0.15) is 117 Å². The van der Waals surface area contributed by atoms with Crippen molar-refractivity contribution in [3.63, 3.8) is 0 Å². The van der Waals surface area contributed by atoms with Gasteiger partial charge in [0.05, 0.1) is 20.6 Å². The lowest BCUT2D eigenvalue weighted by atomic mass is 10.0. The van der Waals surface area contributed by atoms with Gasteiger partial charge in [-0.2, -0.15) is 8.42 Å². The zero-order valence-corrected chi connectivity index (χ0v) is 22.4. The molecule has 0 aliphatic carbocycles. The quantitative estimate of drug-likeness (QED) is 0.119. The Morgan fingerprint density at radius 1 is 0.812 bits per heavy atom. The van der Waals surface area contributed by atoms with Crippen molar-refractivity contribution in [2.75, 3.05) is 32.9 Å². The van der Waals surface area contributed by atoms with Crippen molar-refractivity contribution in [1.82, 2.24) is 5.32 Å². The van der Waals surface area contributed by atoms with Crippen molar-refractivity contribution >= 4 is 16.0 Å². The summed E-state index contributed by atoms with van der Waals surface area (Å²) in [6, 6.07) is -0.198. The van der Waals surface area contributed by atoms with Gasteiger partial charge in [0.25, 0.3) is 10.1 Å². The summed E-state index contributed by atoms with van der Waals surface area (Å²) in [6.07, 6.45) is 19.8. The molecule has 0 fully saturated rings. The Hall–Kier alpha value is -0.660. The fourth-order valence-corrected chi connectivity index (χ4v) is 5.02. The highest BCUT2D eigenvalue weighted by Gasteiger charge is 2.27. The first-order chi connectivity index (χ1) is 15.1. The normalized spacial score (nSPS) is 13.3. The van der Waals surface area contributed by atoms with E-state index in [1.165, 1.54) is 77.0 Å². The van der Waals surface area contributed by atoms with Crippen LogP contribution in [0.15, 0.2) is 0 Å². The molecule has 0 bridgehead atoms. The van der Waals surface area contributed by atoms with Crippen LogP contribution >= 0.6 is 0 Å². The molecule has 0 aromatic carbocycles. The second-order valence-electron chi connectivity index (χ2n) is 10.1. The molecule has 1 amide bonds. The van der Waals surface area contributed by atoms with E-state index in [1.54, 1.807) is 0 Å². The number of carbonyl (C=O) groups excluding carboxylic acids is 1. The van der Waals surface area contributed by atoms with Gasteiger partial charge < -0.3 is 9.80 Å². The molecule has 0 aliphatic rings. The summed E-state index contributed by atoms with van der Waals surface area (Å²) in [5.41, 5.74) is 0. The fourth-order valence-electron chi connectivity index (χ4n) is 4.01. The summed E-state index contributed by atoms with van der Waals surface area (Å²) in [5.74, 6) is -0.133.